The molecule has 1 aliphatic rings. The molecule has 0 radical (unpaired) electrons. The Morgan fingerprint density at radius 1 is 1.14 bits per heavy atom. The second-order valence-electron chi connectivity index (χ2n) is 7.62. The molecule has 2 atom stereocenters. The van der Waals surface area contributed by atoms with Crippen molar-refractivity contribution in [3.63, 3.8) is 0 Å². The van der Waals surface area contributed by atoms with E-state index in [-0.39, 0.29) is 23.2 Å². The van der Waals surface area contributed by atoms with Gasteiger partial charge in [0.25, 0.3) is 0 Å². The standard InChI is InChI=1S/C17H32N2O2/c1-17(2,3)16(21)14-9-7-6-8-13(14)12-15(20)18-10-11-19(4)5/h13-14H,6-12H2,1-5H3,(H,18,20). The lowest BCUT2D eigenvalue weighted by Crippen LogP contribution is -2.38. The molecule has 4 heteroatoms. The van der Waals surface area contributed by atoms with Gasteiger partial charge in [-0.25, -0.2) is 0 Å². The zero-order chi connectivity index (χ0) is 16.0. The lowest BCUT2D eigenvalue weighted by atomic mass is 9.69. The van der Waals surface area contributed by atoms with Gasteiger partial charge in [0.05, 0.1) is 0 Å². The van der Waals surface area contributed by atoms with Crippen molar-refractivity contribution in [1.29, 1.82) is 0 Å². The average molecular weight is 296 g/mol. The predicted octanol–water partition coefficient (Wildman–Crippen LogP) is 2.48. The minimum absolute atomic E-state index is 0.0679. The molecule has 0 saturated heterocycles. The molecule has 1 rings (SSSR count). The van der Waals surface area contributed by atoms with Crippen LogP contribution in [-0.2, 0) is 9.59 Å². The molecule has 0 aromatic carbocycles. The van der Waals surface area contributed by atoms with E-state index < -0.39 is 0 Å². The van der Waals surface area contributed by atoms with E-state index in [0.29, 0.717) is 18.7 Å². The van der Waals surface area contributed by atoms with Crippen LogP contribution in [0.25, 0.3) is 0 Å². The first-order chi connectivity index (χ1) is 9.71. The molecule has 0 aliphatic heterocycles. The van der Waals surface area contributed by atoms with Gasteiger partial charge in [0.15, 0.2) is 0 Å². The van der Waals surface area contributed by atoms with E-state index in [4.69, 9.17) is 0 Å². The van der Waals surface area contributed by atoms with Gasteiger partial charge in [-0.05, 0) is 32.9 Å². The van der Waals surface area contributed by atoms with Crippen LogP contribution in [0.4, 0.5) is 0 Å². The Labute approximate surface area is 129 Å². The summed E-state index contributed by atoms with van der Waals surface area (Å²) >= 11 is 0. The van der Waals surface area contributed by atoms with Gasteiger partial charge in [-0.3, -0.25) is 9.59 Å². The van der Waals surface area contributed by atoms with Crippen LogP contribution in [-0.4, -0.2) is 43.8 Å². The Bertz CT molecular complexity index is 358. The second-order valence-corrected chi connectivity index (χ2v) is 7.62. The number of nitrogens with one attached hydrogen (secondary N) is 1. The topological polar surface area (TPSA) is 49.4 Å². The fourth-order valence-corrected chi connectivity index (χ4v) is 3.08. The van der Waals surface area contributed by atoms with Gasteiger partial charge in [0.1, 0.15) is 5.78 Å². The zero-order valence-corrected chi connectivity index (χ0v) is 14.4. The van der Waals surface area contributed by atoms with Crippen LogP contribution in [0.3, 0.4) is 0 Å². The highest BCUT2D eigenvalue weighted by molar-refractivity contribution is 5.87. The van der Waals surface area contributed by atoms with E-state index in [1.54, 1.807) is 0 Å². The number of nitrogens with zero attached hydrogens (tertiary/aromatic N) is 1. The zero-order valence-electron chi connectivity index (χ0n) is 14.4. The lowest BCUT2D eigenvalue weighted by Gasteiger charge is -2.34. The van der Waals surface area contributed by atoms with E-state index in [0.717, 1.165) is 32.2 Å². The molecule has 1 amide bonds. The summed E-state index contributed by atoms with van der Waals surface area (Å²) < 4.78 is 0. The molecular weight excluding hydrogens is 264 g/mol. The Morgan fingerprint density at radius 2 is 1.76 bits per heavy atom. The summed E-state index contributed by atoms with van der Waals surface area (Å²) in [7, 11) is 3.98. The molecule has 1 fully saturated rings. The summed E-state index contributed by atoms with van der Waals surface area (Å²) in [6.07, 6.45) is 4.72. The van der Waals surface area contributed by atoms with Crippen LogP contribution >= 0.6 is 0 Å². The first-order valence-corrected chi connectivity index (χ1v) is 8.17. The number of amides is 1. The molecule has 1 aliphatic carbocycles. The van der Waals surface area contributed by atoms with Crippen molar-refractivity contribution in [1.82, 2.24) is 10.2 Å². The summed E-state index contributed by atoms with van der Waals surface area (Å²) in [4.78, 5) is 26.7. The monoisotopic (exact) mass is 296 g/mol. The lowest BCUT2D eigenvalue weighted by molar-refractivity contribution is -0.134. The fraction of sp³-hybridized carbons (Fsp3) is 0.882. The number of hydrogen-bond acceptors (Lipinski definition) is 3. The van der Waals surface area contributed by atoms with Gasteiger partial charge in [-0.15, -0.1) is 0 Å². The molecule has 0 spiro atoms. The number of carbonyl (C=O) groups excluding carboxylic acids is 2. The molecule has 0 heterocycles. The smallest absolute Gasteiger partial charge is 0.220 e. The van der Waals surface area contributed by atoms with Crippen LogP contribution in [0.5, 0.6) is 0 Å². The molecule has 1 saturated carbocycles. The molecule has 0 aromatic rings. The van der Waals surface area contributed by atoms with Crippen LogP contribution in [0.15, 0.2) is 0 Å². The largest absolute Gasteiger partial charge is 0.355 e. The quantitative estimate of drug-likeness (QED) is 0.819. The third kappa shape index (κ3) is 6.16. The molecule has 0 aromatic heterocycles. The van der Waals surface area contributed by atoms with E-state index in [9.17, 15) is 9.59 Å². The van der Waals surface area contributed by atoms with E-state index in [2.05, 4.69) is 5.32 Å². The van der Waals surface area contributed by atoms with E-state index in [1.807, 2.05) is 39.8 Å². The molecule has 4 nitrogen and oxygen atoms in total. The summed E-state index contributed by atoms with van der Waals surface area (Å²) in [6, 6.07) is 0. The first kappa shape index (κ1) is 18.1. The Kier molecular flexibility index (Phi) is 6.85. The number of ketones is 1. The summed E-state index contributed by atoms with van der Waals surface area (Å²) in [6.45, 7) is 7.48. The highest BCUT2D eigenvalue weighted by Gasteiger charge is 2.37. The third-order valence-corrected chi connectivity index (χ3v) is 4.31. The molecule has 0 bridgehead atoms. The maximum atomic E-state index is 12.6. The van der Waals surface area contributed by atoms with Gasteiger partial charge in [0.2, 0.25) is 5.91 Å². The Morgan fingerprint density at radius 3 is 2.33 bits per heavy atom. The van der Waals surface area contributed by atoms with Crippen molar-refractivity contribution >= 4 is 11.7 Å². The highest BCUT2D eigenvalue weighted by Crippen LogP contribution is 2.37. The number of hydrogen-bond donors (Lipinski definition) is 1. The summed E-state index contributed by atoms with van der Waals surface area (Å²) in [5.74, 6) is 0.715. The predicted molar refractivity (Wildman–Crippen MR) is 86.1 cm³/mol. The fourth-order valence-electron chi connectivity index (χ4n) is 3.08. The summed E-state index contributed by atoms with van der Waals surface area (Å²) in [5.41, 5.74) is -0.304. The van der Waals surface area contributed by atoms with E-state index >= 15 is 0 Å². The number of carbonyl (C=O) groups is 2. The molecule has 21 heavy (non-hydrogen) atoms. The maximum Gasteiger partial charge on any atom is 0.220 e. The molecule has 2 unspecified atom stereocenters. The van der Waals surface area contributed by atoms with Gasteiger partial charge >= 0.3 is 0 Å². The second kappa shape index (κ2) is 7.92. The van der Waals surface area contributed by atoms with Gasteiger partial charge < -0.3 is 10.2 Å². The molecular formula is C17H32N2O2. The van der Waals surface area contributed by atoms with Crippen LogP contribution in [0.1, 0.15) is 52.9 Å². The maximum absolute atomic E-state index is 12.6. The van der Waals surface area contributed by atoms with Crippen molar-refractivity contribution in [3.05, 3.63) is 0 Å². The number of Topliss-reactive ketones (excluding diaryl/α,β-unsaturated/α-hetero) is 1. The molecule has 1 N–H and O–H groups in total. The van der Waals surface area contributed by atoms with Crippen molar-refractivity contribution in [2.75, 3.05) is 27.2 Å². The number of likely N-dealkylation sites (N-methyl/N-ethyl adjacent to an activating group) is 1. The normalized spacial score (nSPS) is 23.1. The minimum atomic E-state index is -0.304. The summed E-state index contributed by atoms with van der Waals surface area (Å²) in [5, 5.41) is 2.97. The third-order valence-electron chi connectivity index (χ3n) is 4.31. The first-order valence-electron chi connectivity index (χ1n) is 8.17. The van der Waals surface area contributed by atoms with Gasteiger partial charge in [0, 0.05) is 30.8 Å². The highest BCUT2D eigenvalue weighted by atomic mass is 16.1. The van der Waals surface area contributed by atoms with Crippen LogP contribution in [0.2, 0.25) is 0 Å². The Balaban J connectivity index is 2.53. The Hall–Kier alpha value is -0.900. The number of rotatable bonds is 6. The van der Waals surface area contributed by atoms with Gasteiger partial charge in [-0.2, -0.15) is 0 Å². The van der Waals surface area contributed by atoms with Gasteiger partial charge in [-0.1, -0.05) is 33.6 Å². The van der Waals surface area contributed by atoms with Crippen molar-refractivity contribution in [3.8, 4) is 0 Å². The van der Waals surface area contributed by atoms with Crippen LogP contribution < -0.4 is 5.32 Å². The van der Waals surface area contributed by atoms with Crippen LogP contribution in [0, 0.1) is 17.3 Å². The van der Waals surface area contributed by atoms with Crippen molar-refractivity contribution in [2.45, 2.75) is 52.9 Å². The minimum Gasteiger partial charge on any atom is -0.355 e. The van der Waals surface area contributed by atoms with E-state index in [1.165, 1.54) is 0 Å². The van der Waals surface area contributed by atoms with Crippen molar-refractivity contribution in [2.24, 2.45) is 17.3 Å². The SMILES string of the molecule is CN(C)CCNC(=O)CC1CCCCC1C(=O)C(C)(C)C. The average Bonchev–Trinajstić information content (AvgIpc) is 2.37. The molecule has 122 valence electrons. The van der Waals surface area contributed by atoms with Crippen molar-refractivity contribution < 1.29 is 9.59 Å².